The van der Waals surface area contributed by atoms with Crippen molar-refractivity contribution in [1.29, 1.82) is 5.26 Å². The molecule has 1 aromatic heterocycles. The standard InChI is InChI=1S/C33H24N2O5/c1-19-11-13-25-20(2)31(39-28(25)15-19)33(36)38-24-12-14-26-29(17-24)40-32(35)27(18-34)30(26)21-7-6-10-23(16-21)37-22-8-4-3-5-9-22/h3-17,30H,35H2,1-2H3. The van der Waals surface area contributed by atoms with Gasteiger partial charge in [-0.1, -0.05) is 48.5 Å². The minimum absolute atomic E-state index is 0.0126. The molecule has 0 radical (unpaired) electrons. The highest BCUT2D eigenvalue weighted by Crippen LogP contribution is 2.44. The van der Waals surface area contributed by atoms with Crippen molar-refractivity contribution in [3.8, 4) is 29.1 Å². The quantitative estimate of drug-likeness (QED) is 0.189. The van der Waals surface area contributed by atoms with E-state index in [9.17, 15) is 10.1 Å². The normalized spacial score (nSPS) is 14.3. The predicted octanol–water partition coefficient (Wildman–Crippen LogP) is 7.28. The van der Waals surface area contributed by atoms with Gasteiger partial charge in [0.2, 0.25) is 11.6 Å². The molecule has 1 atom stereocenters. The average Bonchev–Trinajstić information content (AvgIpc) is 3.28. The Morgan fingerprint density at radius 3 is 2.50 bits per heavy atom. The zero-order valence-electron chi connectivity index (χ0n) is 21.8. The molecule has 1 aliphatic heterocycles. The summed E-state index contributed by atoms with van der Waals surface area (Å²) in [6.45, 7) is 3.78. The lowest BCUT2D eigenvalue weighted by molar-refractivity contribution is 0.0702. The van der Waals surface area contributed by atoms with Crippen LogP contribution in [0.15, 0.2) is 107 Å². The Hall–Kier alpha value is -5.48. The number of fused-ring (bicyclic) bond motifs is 2. The molecule has 0 saturated heterocycles. The van der Waals surface area contributed by atoms with E-state index in [1.807, 2.05) is 86.6 Å². The molecule has 0 fully saturated rings. The lowest BCUT2D eigenvalue weighted by Gasteiger charge is -2.27. The number of esters is 1. The number of allylic oxidation sites excluding steroid dienone is 1. The summed E-state index contributed by atoms with van der Waals surface area (Å²) in [4.78, 5) is 13.0. The topological polar surface area (TPSA) is 108 Å². The number of aryl methyl sites for hydroxylation is 2. The van der Waals surface area contributed by atoms with E-state index in [0.29, 0.717) is 34.0 Å². The molecule has 4 aromatic carbocycles. The number of rotatable bonds is 5. The van der Waals surface area contributed by atoms with E-state index in [4.69, 9.17) is 24.4 Å². The third-order valence-corrected chi connectivity index (χ3v) is 6.85. The summed E-state index contributed by atoms with van der Waals surface area (Å²) < 4.78 is 23.3. The Morgan fingerprint density at radius 1 is 0.900 bits per heavy atom. The maximum absolute atomic E-state index is 13.0. The van der Waals surface area contributed by atoms with E-state index in [1.165, 1.54) is 0 Å². The van der Waals surface area contributed by atoms with Crippen molar-refractivity contribution < 1.29 is 23.4 Å². The number of hydrogen-bond donors (Lipinski definition) is 1. The molecular formula is C33H24N2O5. The molecular weight excluding hydrogens is 504 g/mol. The summed E-state index contributed by atoms with van der Waals surface area (Å²) in [5.74, 6) is 0.966. The van der Waals surface area contributed by atoms with E-state index in [-0.39, 0.29) is 23.0 Å². The fraction of sp³-hybridized carbons (Fsp3) is 0.0909. The summed E-state index contributed by atoms with van der Waals surface area (Å²) in [5.41, 5.74) is 10.3. The number of furan rings is 1. The number of para-hydroxylation sites is 1. The van der Waals surface area contributed by atoms with Gasteiger partial charge in [-0.05, 0) is 61.4 Å². The van der Waals surface area contributed by atoms with Gasteiger partial charge in [0.05, 0.1) is 5.92 Å². The molecule has 0 saturated carbocycles. The van der Waals surface area contributed by atoms with E-state index < -0.39 is 11.9 Å². The molecule has 1 aliphatic rings. The minimum atomic E-state index is -0.620. The molecule has 6 rings (SSSR count). The monoisotopic (exact) mass is 528 g/mol. The lowest BCUT2D eigenvalue weighted by atomic mass is 9.83. The van der Waals surface area contributed by atoms with Gasteiger partial charge in [-0.2, -0.15) is 5.26 Å². The van der Waals surface area contributed by atoms with Crippen LogP contribution in [0.2, 0.25) is 0 Å². The molecule has 5 aromatic rings. The number of ether oxygens (including phenoxy) is 3. The Morgan fingerprint density at radius 2 is 1.70 bits per heavy atom. The molecule has 40 heavy (non-hydrogen) atoms. The maximum atomic E-state index is 13.0. The summed E-state index contributed by atoms with van der Waals surface area (Å²) in [5, 5.41) is 10.8. The Kier molecular flexibility index (Phi) is 6.21. The van der Waals surface area contributed by atoms with Crippen LogP contribution in [0.3, 0.4) is 0 Å². The Bertz CT molecular complexity index is 1850. The zero-order valence-corrected chi connectivity index (χ0v) is 21.8. The van der Waals surface area contributed by atoms with Crippen LogP contribution in [-0.2, 0) is 0 Å². The van der Waals surface area contributed by atoms with E-state index in [1.54, 1.807) is 18.2 Å². The van der Waals surface area contributed by atoms with Gasteiger partial charge in [0.1, 0.15) is 40.2 Å². The first-order valence-corrected chi connectivity index (χ1v) is 12.7. The van der Waals surface area contributed by atoms with Gasteiger partial charge in [-0.15, -0.1) is 0 Å². The SMILES string of the molecule is Cc1ccc2c(C)c(C(=O)Oc3ccc4c(c3)OC(N)=C(C#N)C4c3cccc(Oc4ccccc4)c3)oc2c1. The average molecular weight is 529 g/mol. The molecule has 1 unspecified atom stereocenters. The van der Waals surface area contributed by atoms with Crippen LogP contribution in [0.1, 0.15) is 38.7 Å². The van der Waals surface area contributed by atoms with Crippen molar-refractivity contribution in [2.45, 2.75) is 19.8 Å². The lowest BCUT2D eigenvalue weighted by Crippen LogP contribution is -2.21. The molecule has 2 N–H and O–H groups in total. The van der Waals surface area contributed by atoms with Gasteiger partial charge in [-0.25, -0.2) is 4.79 Å². The van der Waals surface area contributed by atoms with Crippen LogP contribution in [0.4, 0.5) is 0 Å². The number of carbonyl (C=O) groups is 1. The molecule has 0 aliphatic carbocycles. The number of nitrogens with zero attached hydrogens (tertiary/aromatic N) is 1. The van der Waals surface area contributed by atoms with Crippen LogP contribution in [0.5, 0.6) is 23.0 Å². The van der Waals surface area contributed by atoms with Crippen LogP contribution >= 0.6 is 0 Å². The summed E-state index contributed by atoms with van der Waals surface area (Å²) in [7, 11) is 0. The second-order valence-corrected chi connectivity index (χ2v) is 9.56. The van der Waals surface area contributed by atoms with Crippen LogP contribution in [0, 0.1) is 25.2 Å². The second-order valence-electron chi connectivity index (χ2n) is 9.56. The predicted molar refractivity (Wildman–Crippen MR) is 149 cm³/mol. The van der Waals surface area contributed by atoms with Crippen molar-refractivity contribution in [3.05, 3.63) is 130 Å². The molecule has 196 valence electrons. The minimum Gasteiger partial charge on any atom is -0.457 e. The zero-order chi connectivity index (χ0) is 27.8. The maximum Gasteiger partial charge on any atom is 0.379 e. The van der Waals surface area contributed by atoms with Crippen molar-refractivity contribution in [1.82, 2.24) is 0 Å². The fourth-order valence-electron chi connectivity index (χ4n) is 4.91. The third-order valence-electron chi connectivity index (χ3n) is 6.85. The number of carbonyl (C=O) groups excluding carboxylic acids is 1. The summed E-state index contributed by atoms with van der Waals surface area (Å²) in [6, 6.07) is 29.9. The van der Waals surface area contributed by atoms with Gasteiger partial charge < -0.3 is 24.4 Å². The van der Waals surface area contributed by atoms with Crippen molar-refractivity contribution in [3.63, 3.8) is 0 Å². The highest BCUT2D eigenvalue weighted by atomic mass is 16.5. The van der Waals surface area contributed by atoms with Crippen LogP contribution in [0.25, 0.3) is 11.0 Å². The summed E-state index contributed by atoms with van der Waals surface area (Å²) in [6.07, 6.45) is 0. The number of benzene rings is 4. The third kappa shape index (κ3) is 4.52. The number of hydrogen-bond acceptors (Lipinski definition) is 7. The van der Waals surface area contributed by atoms with Crippen molar-refractivity contribution in [2.24, 2.45) is 5.73 Å². The first kappa shape index (κ1) is 24.8. The fourth-order valence-corrected chi connectivity index (χ4v) is 4.91. The number of nitrogens with two attached hydrogens (primary N) is 1. The van der Waals surface area contributed by atoms with Gasteiger partial charge in [0.25, 0.3) is 0 Å². The van der Waals surface area contributed by atoms with Crippen molar-refractivity contribution in [2.75, 3.05) is 0 Å². The molecule has 0 spiro atoms. The number of nitriles is 1. The highest BCUT2D eigenvalue weighted by Gasteiger charge is 2.31. The first-order valence-electron chi connectivity index (χ1n) is 12.7. The first-order chi connectivity index (χ1) is 19.4. The van der Waals surface area contributed by atoms with Gasteiger partial charge in [-0.3, -0.25) is 0 Å². The summed E-state index contributed by atoms with van der Waals surface area (Å²) >= 11 is 0. The van der Waals surface area contributed by atoms with E-state index in [0.717, 1.165) is 16.5 Å². The van der Waals surface area contributed by atoms with Gasteiger partial charge in [0.15, 0.2) is 0 Å². The molecule has 7 heteroatoms. The van der Waals surface area contributed by atoms with Crippen molar-refractivity contribution >= 4 is 16.9 Å². The Balaban J connectivity index is 1.31. The molecule has 0 amide bonds. The Labute approximate surface area is 230 Å². The molecule has 0 bridgehead atoms. The smallest absolute Gasteiger partial charge is 0.379 e. The van der Waals surface area contributed by atoms with Crippen LogP contribution < -0.4 is 19.9 Å². The molecule has 7 nitrogen and oxygen atoms in total. The molecule has 2 heterocycles. The highest BCUT2D eigenvalue weighted by molar-refractivity contribution is 5.97. The second kappa shape index (κ2) is 10.0. The van der Waals surface area contributed by atoms with Gasteiger partial charge in [0, 0.05) is 22.6 Å². The van der Waals surface area contributed by atoms with E-state index >= 15 is 0 Å². The van der Waals surface area contributed by atoms with E-state index in [2.05, 4.69) is 6.07 Å². The van der Waals surface area contributed by atoms with Gasteiger partial charge >= 0.3 is 5.97 Å². The largest absolute Gasteiger partial charge is 0.457 e. The van der Waals surface area contributed by atoms with Crippen LogP contribution in [-0.4, -0.2) is 5.97 Å².